The van der Waals surface area contributed by atoms with Gasteiger partial charge in [0.2, 0.25) is 0 Å². The Morgan fingerprint density at radius 3 is 2.53 bits per heavy atom. The van der Waals surface area contributed by atoms with E-state index in [2.05, 4.69) is 45.9 Å². The molecule has 96 valence electrons. The van der Waals surface area contributed by atoms with E-state index in [0.29, 0.717) is 13.2 Å². The normalized spacial score (nSPS) is 11.8. The fourth-order valence-corrected chi connectivity index (χ4v) is 1.66. The lowest BCUT2D eigenvalue weighted by Crippen LogP contribution is -2.12. The third-order valence-corrected chi connectivity index (χ3v) is 2.97. The zero-order chi connectivity index (χ0) is 12.9. The molecular weight excluding hydrogens is 210 g/mol. The number of hydrogen-bond donors (Lipinski definition) is 1. The van der Waals surface area contributed by atoms with Crippen LogP contribution in [0.2, 0.25) is 0 Å². The molecule has 1 aromatic rings. The second-order valence-corrected chi connectivity index (χ2v) is 5.59. The average molecular weight is 235 g/mol. The van der Waals surface area contributed by atoms with Gasteiger partial charge in [0.1, 0.15) is 0 Å². The molecule has 0 aliphatic rings. The van der Waals surface area contributed by atoms with Crippen molar-refractivity contribution >= 4 is 0 Å². The van der Waals surface area contributed by atoms with Gasteiger partial charge in [0.15, 0.2) is 0 Å². The van der Waals surface area contributed by atoms with Crippen LogP contribution in [0.1, 0.15) is 43.9 Å². The van der Waals surface area contributed by atoms with Gasteiger partial charge in [0.25, 0.3) is 0 Å². The van der Waals surface area contributed by atoms with Gasteiger partial charge in [-0.3, -0.25) is 0 Å². The molecule has 0 amide bonds. The Bertz CT molecular complexity index is 352. The van der Waals surface area contributed by atoms with Crippen LogP contribution in [0.25, 0.3) is 0 Å². The number of rotatable bonds is 5. The minimum Gasteiger partial charge on any atom is -0.377 e. The summed E-state index contributed by atoms with van der Waals surface area (Å²) in [7, 11) is 0. The van der Waals surface area contributed by atoms with E-state index in [-0.39, 0.29) is 5.41 Å². The predicted molar refractivity (Wildman–Crippen MR) is 73.2 cm³/mol. The Balaban J connectivity index is 2.70. The summed E-state index contributed by atoms with van der Waals surface area (Å²) in [4.78, 5) is 0. The van der Waals surface area contributed by atoms with Crippen molar-refractivity contribution in [2.75, 3.05) is 13.2 Å². The highest BCUT2D eigenvalue weighted by Crippen LogP contribution is 2.24. The summed E-state index contributed by atoms with van der Waals surface area (Å²) in [5, 5.41) is 0. The van der Waals surface area contributed by atoms with Crippen LogP contribution in [-0.2, 0) is 16.8 Å². The van der Waals surface area contributed by atoms with Gasteiger partial charge in [-0.15, -0.1) is 0 Å². The van der Waals surface area contributed by atoms with Crippen molar-refractivity contribution in [3.05, 3.63) is 34.9 Å². The first kappa shape index (κ1) is 14.2. The number of hydrogen-bond acceptors (Lipinski definition) is 2. The van der Waals surface area contributed by atoms with Crippen molar-refractivity contribution in [1.29, 1.82) is 0 Å². The molecule has 17 heavy (non-hydrogen) atoms. The van der Waals surface area contributed by atoms with E-state index in [9.17, 15) is 0 Å². The van der Waals surface area contributed by atoms with Crippen LogP contribution in [-0.4, -0.2) is 13.2 Å². The molecule has 0 fully saturated rings. The lowest BCUT2D eigenvalue weighted by atomic mass is 9.85. The number of benzene rings is 1. The van der Waals surface area contributed by atoms with Gasteiger partial charge < -0.3 is 10.5 Å². The molecule has 2 heteroatoms. The van der Waals surface area contributed by atoms with E-state index in [1.807, 2.05) is 0 Å². The van der Waals surface area contributed by atoms with E-state index in [1.165, 1.54) is 16.7 Å². The van der Waals surface area contributed by atoms with Gasteiger partial charge in [-0.1, -0.05) is 39.0 Å². The summed E-state index contributed by atoms with van der Waals surface area (Å²) in [5.74, 6) is 0. The van der Waals surface area contributed by atoms with E-state index in [1.54, 1.807) is 0 Å². The predicted octanol–water partition coefficient (Wildman–Crippen LogP) is 3.16. The molecule has 0 aliphatic carbocycles. The molecule has 0 radical (unpaired) electrons. The number of nitrogens with two attached hydrogens (primary N) is 1. The Labute approximate surface area is 105 Å². The largest absolute Gasteiger partial charge is 0.377 e. The molecule has 2 N–H and O–H groups in total. The van der Waals surface area contributed by atoms with Crippen molar-refractivity contribution < 1.29 is 4.74 Å². The Morgan fingerprint density at radius 2 is 1.94 bits per heavy atom. The van der Waals surface area contributed by atoms with Gasteiger partial charge in [-0.05, 0) is 42.0 Å². The van der Waals surface area contributed by atoms with Crippen LogP contribution in [0, 0.1) is 6.92 Å². The molecule has 0 atom stereocenters. The van der Waals surface area contributed by atoms with Crippen molar-refractivity contribution in [1.82, 2.24) is 0 Å². The third kappa shape index (κ3) is 4.49. The van der Waals surface area contributed by atoms with Crippen molar-refractivity contribution in [2.45, 2.75) is 46.1 Å². The van der Waals surface area contributed by atoms with Crippen LogP contribution in [0.15, 0.2) is 18.2 Å². The molecular formula is C15H25NO. The first-order valence-electron chi connectivity index (χ1n) is 6.33. The van der Waals surface area contributed by atoms with Crippen LogP contribution in [0.5, 0.6) is 0 Å². The monoisotopic (exact) mass is 235 g/mol. The highest BCUT2D eigenvalue weighted by molar-refractivity contribution is 5.34. The summed E-state index contributed by atoms with van der Waals surface area (Å²) in [6.45, 7) is 11.0. The smallest absolute Gasteiger partial charge is 0.0719 e. The minimum absolute atomic E-state index is 0.194. The molecule has 0 unspecified atom stereocenters. The Hall–Kier alpha value is -0.860. The minimum atomic E-state index is 0.194. The maximum absolute atomic E-state index is 5.63. The number of ether oxygens (including phenoxy) is 1. The molecule has 0 bridgehead atoms. The highest BCUT2D eigenvalue weighted by atomic mass is 16.5. The van der Waals surface area contributed by atoms with E-state index >= 15 is 0 Å². The SMILES string of the molecule is Cc1ccc(C(C)(C)C)cc1COCCCN. The maximum atomic E-state index is 5.63. The first-order chi connectivity index (χ1) is 7.95. The van der Waals surface area contributed by atoms with Gasteiger partial charge in [-0.2, -0.15) is 0 Å². The quantitative estimate of drug-likeness (QED) is 0.796. The molecule has 2 nitrogen and oxygen atoms in total. The van der Waals surface area contributed by atoms with E-state index in [4.69, 9.17) is 10.5 Å². The molecule has 0 saturated heterocycles. The van der Waals surface area contributed by atoms with Crippen molar-refractivity contribution in [3.8, 4) is 0 Å². The van der Waals surface area contributed by atoms with Gasteiger partial charge >= 0.3 is 0 Å². The van der Waals surface area contributed by atoms with Crippen LogP contribution >= 0.6 is 0 Å². The van der Waals surface area contributed by atoms with Crippen molar-refractivity contribution in [2.24, 2.45) is 5.73 Å². The average Bonchev–Trinajstić information content (AvgIpc) is 2.25. The zero-order valence-electron chi connectivity index (χ0n) is 11.5. The molecule has 0 heterocycles. The zero-order valence-corrected chi connectivity index (χ0v) is 11.5. The van der Waals surface area contributed by atoms with Crippen LogP contribution < -0.4 is 5.73 Å². The fourth-order valence-electron chi connectivity index (χ4n) is 1.66. The summed E-state index contributed by atoms with van der Waals surface area (Å²) >= 11 is 0. The lowest BCUT2D eigenvalue weighted by Gasteiger charge is -2.20. The maximum Gasteiger partial charge on any atom is 0.0719 e. The summed E-state index contributed by atoms with van der Waals surface area (Å²) in [6, 6.07) is 6.65. The fraction of sp³-hybridized carbons (Fsp3) is 0.600. The van der Waals surface area contributed by atoms with Gasteiger partial charge in [0.05, 0.1) is 6.61 Å². The summed E-state index contributed by atoms with van der Waals surface area (Å²) < 4.78 is 5.63. The standard InChI is InChI=1S/C15H25NO/c1-12-6-7-14(15(2,3)4)10-13(12)11-17-9-5-8-16/h6-7,10H,5,8-9,11,16H2,1-4H3. The number of aryl methyl sites for hydroxylation is 1. The van der Waals surface area contributed by atoms with E-state index < -0.39 is 0 Å². The second kappa shape index (κ2) is 6.18. The first-order valence-corrected chi connectivity index (χ1v) is 6.33. The molecule has 0 aromatic heterocycles. The van der Waals surface area contributed by atoms with Gasteiger partial charge in [-0.25, -0.2) is 0 Å². The van der Waals surface area contributed by atoms with Gasteiger partial charge in [0, 0.05) is 6.61 Å². The molecule has 0 saturated carbocycles. The Morgan fingerprint density at radius 1 is 1.24 bits per heavy atom. The Kier molecular flexibility index (Phi) is 5.16. The lowest BCUT2D eigenvalue weighted by molar-refractivity contribution is 0.119. The molecule has 0 aliphatic heterocycles. The van der Waals surface area contributed by atoms with Crippen LogP contribution in [0.4, 0.5) is 0 Å². The van der Waals surface area contributed by atoms with E-state index in [0.717, 1.165) is 13.0 Å². The van der Waals surface area contributed by atoms with Crippen LogP contribution in [0.3, 0.4) is 0 Å². The molecule has 1 rings (SSSR count). The third-order valence-electron chi connectivity index (χ3n) is 2.97. The molecule has 1 aromatic carbocycles. The molecule has 0 spiro atoms. The topological polar surface area (TPSA) is 35.2 Å². The summed E-state index contributed by atoms with van der Waals surface area (Å²) in [5.41, 5.74) is 9.58. The highest BCUT2D eigenvalue weighted by Gasteiger charge is 2.14. The van der Waals surface area contributed by atoms with Crippen molar-refractivity contribution in [3.63, 3.8) is 0 Å². The summed E-state index contributed by atoms with van der Waals surface area (Å²) in [6.07, 6.45) is 0.929. The second-order valence-electron chi connectivity index (χ2n) is 5.59.